The van der Waals surface area contributed by atoms with E-state index in [0.717, 1.165) is 0 Å². The normalized spacial score (nSPS) is 11.4. The molecule has 0 atom stereocenters. The van der Waals surface area contributed by atoms with Crippen LogP contribution in [0.25, 0.3) is 0 Å². The van der Waals surface area contributed by atoms with Crippen LogP contribution in [-0.2, 0) is 21.1 Å². The van der Waals surface area contributed by atoms with Crippen molar-refractivity contribution in [3.8, 4) is 5.75 Å². The Bertz CT molecular complexity index is 864. The highest BCUT2D eigenvalue weighted by Gasteiger charge is 2.16. The zero-order valence-electron chi connectivity index (χ0n) is 15.4. The van der Waals surface area contributed by atoms with Gasteiger partial charge in [-0.05, 0) is 56.2 Å². The maximum absolute atomic E-state index is 13.5. The molecule has 0 saturated carbocycles. The third-order valence-electron chi connectivity index (χ3n) is 3.83. The summed E-state index contributed by atoms with van der Waals surface area (Å²) in [4.78, 5) is 12.0. The van der Waals surface area contributed by atoms with E-state index < -0.39 is 9.84 Å². The van der Waals surface area contributed by atoms with E-state index in [0.29, 0.717) is 17.7 Å². The zero-order chi connectivity index (χ0) is 19.9. The average Bonchev–Trinajstić information content (AvgIpc) is 2.62. The number of rotatable bonds is 9. The van der Waals surface area contributed by atoms with Gasteiger partial charge in [0, 0.05) is 13.0 Å². The second kappa shape index (κ2) is 9.50. The van der Waals surface area contributed by atoms with Crippen molar-refractivity contribution < 1.29 is 22.3 Å². The number of benzene rings is 2. The Hall–Kier alpha value is -2.41. The number of hydrogen-bond acceptors (Lipinski definition) is 4. The monoisotopic (exact) mass is 393 g/mol. The van der Waals surface area contributed by atoms with Gasteiger partial charge in [-0.1, -0.05) is 18.2 Å². The number of amides is 1. The van der Waals surface area contributed by atoms with Gasteiger partial charge in [-0.2, -0.15) is 0 Å². The highest BCUT2D eigenvalue weighted by Crippen LogP contribution is 2.18. The summed E-state index contributed by atoms with van der Waals surface area (Å²) in [6, 6.07) is 12.5. The first kappa shape index (κ1) is 20.9. The molecule has 5 nitrogen and oxygen atoms in total. The molecule has 1 N–H and O–H groups in total. The van der Waals surface area contributed by atoms with Gasteiger partial charge in [-0.25, -0.2) is 12.8 Å². The predicted octanol–water partition coefficient (Wildman–Crippen LogP) is 3.14. The fourth-order valence-electron chi connectivity index (χ4n) is 2.47. The molecule has 0 unspecified atom stereocenters. The van der Waals surface area contributed by atoms with E-state index in [4.69, 9.17) is 4.74 Å². The summed E-state index contributed by atoms with van der Waals surface area (Å²) in [6.07, 6.45) is 0.201. The summed E-state index contributed by atoms with van der Waals surface area (Å²) in [6.45, 7) is 4.02. The quantitative estimate of drug-likeness (QED) is 0.710. The minimum absolute atomic E-state index is 0.000476. The smallest absolute Gasteiger partial charge is 0.221 e. The molecule has 7 heteroatoms. The summed E-state index contributed by atoms with van der Waals surface area (Å²) >= 11 is 0. The zero-order valence-corrected chi connectivity index (χ0v) is 16.3. The Morgan fingerprint density at radius 2 is 1.78 bits per heavy atom. The van der Waals surface area contributed by atoms with Gasteiger partial charge < -0.3 is 10.1 Å². The number of carbonyl (C=O) groups excluding carboxylic acids is 1. The van der Waals surface area contributed by atoms with Crippen LogP contribution in [0.1, 0.15) is 25.8 Å². The molecule has 0 radical (unpaired) electrons. The molecule has 0 fully saturated rings. The molecule has 2 rings (SSSR count). The van der Waals surface area contributed by atoms with Gasteiger partial charge in [-0.3, -0.25) is 4.79 Å². The third kappa shape index (κ3) is 6.67. The summed E-state index contributed by atoms with van der Waals surface area (Å²) in [5.74, 6) is -0.396. The average molecular weight is 393 g/mol. The second-order valence-electron chi connectivity index (χ2n) is 6.40. The number of ether oxygens (including phenoxy) is 1. The first-order valence-corrected chi connectivity index (χ1v) is 10.4. The number of nitrogens with one attached hydrogen (secondary N) is 1. The van der Waals surface area contributed by atoms with E-state index in [2.05, 4.69) is 5.32 Å². The van der Waals surface area contributed by atoms with Crippen LogP contribution in [0.4, 0.5) is 4.39 Å². The molecule has 0 spiro atoms. The van der Waals surface area contributed by atoms with Crippen molar-refractivity contribution in [3.63, 3.8) is 0 Å². The lowest BCUT2D eigenvalue weighted by Crippen LogP contribution is -2.27. The number of sulfone groups is 1. The topological polar surface area (TPSA) is 72.5 Å². The SMILES string of the molecule is CC(C)Oc1ccc(S(=O)(=O)CCC(=O)NCCc2ccccc2F)cc1. The lowest BCUT2D eigenvalue weighted by atomic mass is 10.1. The first-order valence-electron chi connectivity index (χ1n) is 8.77. The molecule has 0 aliphatic rings. The fraction of sp³-hybridized carbons (Fsp3) is 0.350. The second-order valence-corrected chi connectivity index (χ2v) is 8.51. The van der Waals surface area contributed by atoms with E-state index in [9.17, 15) is 17.6 Å². The molecule has 0 bridgehead atoms. The van der Waals surface area contributed by atoms with Gasteiger partial charge in [0.2, 0.25) is 5.91 Å². The molecular formula is C20H24FNO4S. The molecule has 146 valence electrons. The minimum Gasteiger partial charge on any atom is -0.491 e. The number of hydrogen-bond donors (Lipinski definition) is 1. The van der Waals surface area contributed by atoms with Crippen molar-refractivity contribution in [2.24, 2.45) is 0 Å². The fourth-order valence-corrected chi connectivity index (χ4v) is 3.71. The molecule has 2 aromatic carbocycles. The van der Waals surface area contributed by atoms with Gasteiger partial charge in [-0.15, -0.1) is 0 Å². The molecule has 0 aromatic heterocycles. The molecule has 0 aliphatic heterocycles. The van der Waals surface area contributed by atoms with Gasteiger partial charge in [0.15, 0.2) is 9.84 Å². The van der Waals surface area contributed by atoms with Crippen LogP contribution >= 0.6 is 0 Å². The van der Waals surface area contributed by atoms with Crippen molar-refractivity contribution in [1.29, 1.82) is 0 Å². The van der Waals surface area contributed by atoms with E-state index in [1.807, 2.05) is 13.8 Å². The van der Waals surface area contributed by atoms with E-state index in [1.54, 1.807) is 30.3 Å². The van der Waals surface area contributed by atoms with Crippen LogP contribution in [0.2, 0.25) is 0 Å². The largest absolute Gasteiger partial charge is 0.491 e. The highest BCUT2D eigenvalue weighted by molar-refractivity contribution is 7.91. The highest BCUT2D eigenvalue weighted by atomic mass is 32.2. The number of halogens is 1. The van der Waals surface area contributed by atoms with Gasteiger partial charge in [0.05, 0.1) is 16.8 Å². The molecule has 1 amide bonds. The predicted molar refractivity (Wildman–Crippen MR) is 102 cm³/mol. The van der Waals surface area contributed by atoms with Crippen LogP contribution < -0.4 is 10.1 Å². The van der Waals surface area contributed by atoms with Crippen LogP contribution in [0.5, 0.6) is 5.75 Å². The van der Waals surface area contributed by atoms with Crippen molar-refractivity contribution >= 4 is 15.7 Å². The Morgan fingerprint density at radius 3 is 2.41 bits per heavy atom. The molecule has 2 aromatic rings. The summed E-state index contributed by atoms with van der Waals surface area (Å²) in [5.41, 5.74) is 0.508. The van der Waals surface area contributed by atoms with Crippen LogP contribution in [0, 0.1) is 5.82 Å². The summed E-state index contributed by atoms with van der Waals surface area (Å²) in [5, 5.41) is 2.62. The molecule has 0 heterocycles. The van der Waals surface area contributed by atoms with Gasteiger partial charge >= 0.3 is 0 Å². The lowest BCUT2D eigenvalue weighted by molar-refractivity contribution is -0.120. The van der Waals surface area contributed by atoms with Crippen molar-refractivity contribution in [3.05, 3.63) is 59.9 Å². The van der Waals surface area contributed by atoms with Gasteiger partial charge in [0.1, 0.15) is 11.6 Å². The number of carbonyl (C=O) groups is 1. The van der Waals surface area contributed by atoms with E-state index in [-0.39, 0.29) is 41.4 Å². The van der Waals surface area contributed by atoms with Crippen LogP contribution in [0.3, 0.4) is 0 Å². The van der Waals surface area contributed by atoms with E-state index in [1.165, 1.54) is 18.2 Å². The summed E-state index contributed by atoms with van der Waals surface area (Å²) < 4.78 is 43.7. The summed E-state index contributed by atoms with van der Waals surface area (Å²) in [7, 11) is -3.56. The maximum Gasteiger partial charge on any atom is 0.221 e. The standard InChI is InChI=1S/C20H24FNO4S/c1-15(2)26-17-7-9-18(10-8-17)27(24,25)14-12-20(23)22-13-11-16-5-3-4-6-19(16)21/h3-10,15H,11-14H2,1-2H3,(H,22,23). The molecule has 27 heavy (non-hydrogen) atoms. The minimum atomic E-state index is -3.56. The van der Waals surface area contributed by atoms with E-state index >= 15 is 0 Å². The first-order chi connectivity index (χ1) is 12.8. The molecule has 0 saturated heterocycles. The molecular weight excluding hydrogens is 369 g/mol. The van der Waals surface area contributed by atoms with Gasteiger partial charge in [0.25, 0.3) is 0 Å². The van der Waals surface area contributed by atoms with Crippen molar-refractivity contribution in [2.75, 3.05) is 12.3 Å². The Labute approximate surface area is 159 Å². The molecule has 0 aliphatic carbocycles. The van der Waals surface area contributed by atoms with Crippen molar-refractivity contribution in [1.82, 2.24) is 5.32 Å². The van der Waals surface area contributed by atoms with Crippen LogP contribution in [0.15, 0.2) is 53.4 Å². The maximum atomic E-state index is 13.5. The Morgan fingerprint density at radius 1 is 1.11 bits per heavy atom. The third-order valence-corrected chi connectivity index (χ3v) is 5.56. The van der Waals surface area contributed by atoms with Crippen LogP contribution in [-0.4, -0.2) is 32.7 Å². The van der Waals surface area contributed by atoms with Crippen molar-refractivity contribution in [2.45, 2.75) is 37.7 Å². The Balaban J connectivity index is 1.81. The Kier molecular flexibility index (Phi) is 7.36. The lowest BCUT2D eigenvalue weighted by Gasteiger charge is -2.10.